The maximum atomic E-state index is 13.1. The fourth-order valence-corrected chi connectivity index (χ4v) is 1.91. The molecule has 19 heavy (non-hydrogen) atoms. The fraction of sp³-hybridized carbons (Fsp3) is 0.556. The van der Waals surface area contributed by atoms with Gasteiger partial charge in [0.05, 0.1) is 24.9 Å². The fourth-order valence-electron chi connectivity index (χ4n) is 1.91. The van der Waals surface area contributed by atoms with Crippen molar-refractivity contribution in [3.63, 3.8) is 0 Å². The van der Waals surface area contributed by atoms with Crippen molar-refractivity contribution in [2.45, 2.75) is 24.8 Å². The second-order valence-electron chi connectivity index (χ2n) is 3.96. The molecule has 9 nitrogen and oxygen atoms in total. The van der Waals surface area contributed by atoms with Crippen LogP contribution >= 0.6 is 0 Å². The van der Waals surface area contributed by atoms with Crippen molar-refractivity contribution in [1.29, 1.82) is 0 Å². The summed E-state index contributed by atoms with van der Waals surface area (Å²) in [7, 11) is 0. The molecule has 1 saturated heterocycles. The zero-order valence-corrected chi connectivity index (χ0v) is 9.56. The average molecular weight is 271 g/mol. The van der Waals surface area contributed by atoms with E-state index in [1.165, 1.54) is 0 Å². The number of rotatable bonds is 3. The van der Waals surface area contributed by atoms with Gasteiger partial charge in [0.25, 0.3) is 5.56 Å². The molecule has 10 heteroatoms. The molecule has 0 unspecified atom stereocenters. The molecule has 1 aromatic heterocycles. The number of hydrogen-bond acceptors (Lipinski definition) is 5. The molecule has 1 aliphatic rings. The Bertz CT molecular complexity index is 634. The van der Waals surface area contributed by atoms with Gasteiger partial charge in [-0.2, -0.15) is 4.39 Å². The predicted molar refractivity (Wildman–Crippen MR) is 59.8 cm³/mol. The largest absolute Gasteiger partial charge is 0.394 e. The van der Waals surface area contributed by atoms with Crippen molar-refractivity contribution in [3.8, 4) is 0 Å². The molecule has 1 fully saturated rings. The minimum atomic E-state index is -1.13. The van der Waals surface area contributed by atoms with Crippen LogP contribution in [0.15, 0.2) is 20.9 Å². The number of nitrogens with zero attached hydrogens (tertiary/aromatic N) is 4. The summed E-state index contributed by atoms with van der Waals surface area (Å²) >= 11 is 0. The zero-order chi connectivity index (χ0) is 14.0. The third-order valence-corrected chi connectivity index (χ3v) is 2.82. The molecule has 0 spiro atoms. The number of azide groups is 1. The Hall–Kier alpha value is -2.16. The molecular formula is C9H10FN5O4. The van der Waals surface area contributed by atoms with E-state index in [2.05, 4.69) is 10.0 Å². The normalized spacial score (nSPS) is 26.1. The van der Waals surface area contributed by atoms with E-state index in [4.69, 9.17) is 15.4 Å². The molecule has 0 amide bonds. The van der Waals surface area contributed by atoms with Crippen molar-refractivity contribution >= 4 is 0 Å². The number of halogens is 1. The lowest BCUT2D eigenvalue weighted by Crippen LogP contribution is -2.34. The lowest BCUT2D eigenvalue weighted by atomic mass is 10.1. The van der Waals surface area contributed by atoms with Crippen LogP contribution in [0.2, 0.25) is 0 Å². The van der Waals surface area contributed by atoms with Crippen LogP contribution in [0, 0.1) is 5.82 Å². The SMILES string of the molecule is [N-]=[N+]=N[C@H]1C[C@H](n2cc(F)c(=O)[nH]c2=O)O[C@@H]1CO. The van der Waals surface area contributed by atoms with Gasteiger partial charge in [-0.05, 0) is 5.53 Å². The van der Waals surface area contributed by atoms with Gasteiger partial charge < -0.3 is 9.84 Å². The topological polar surface area (TPSA) is 133 Å². The van der Waals surface area contributed by atoms with Crippen LogP contribution in [0.3, 0.4) is 0 Å². The summed E-state index contributed by atoms with van der Waals surface area (Å²) in [5, 5.41) is 12.5. The van der Waals surface area contributed by atoms with Crippen molar-refractivity contribution in [2.75, 3.05) is 6.61 Å². The van der Waals surface area contributed by atoms with Gasteiger partial charge in [0.15, 0.2) is 0 Å². The molecule has 102 valence electrons. The number of hydrogen-bond donors (Lipinski definition) is 2. The summed E-state index contributed by atoms with van der Waals surface area (Å²) in [6, 6.07) is -0.665. The van der Waals surface area contributed by atoms with Crippen molar-refractivity contribution in [3.05, 3.63) is 43.3 Å². The number of aliphatic hydroxyl groups excluding tert-OH is 1. The van der Waals surface area contributed by atoms with E-state index in [0.29, 0.717) is 0 Å². The van der Waals surface area contributed by atoms with Crippen LogP contribution in [-0.2, 0) is 4.74 Å². The second kappa shape index (κ2) is 5.22. The van der Waals surface area contributed by atoms with Crippen LogP contribution in [0.25, 0.3) is 10.4 Å². The average Bonchev–Trinajstić information content (AvgIpc) is 2.77. The van der Waals surface area contributed by atoms with Crippen LogP contribution < -0.4 is 11.2 Å². The van der Waals surface area contributed by atoms with Gasteiger partial charge in [0, 0.05) is 11.3 Å². The number of H-pyrrole nitrogens is 1. The number of aromatic nitrogens is 2. The Kier molecular flexibility index (Phi) is 3.65. The monoisotopic (exact) mass is 271 g/mol. The number of aromatic amines is 1. The minimum absolute atomic E-state index is 0.0979. The molecule has 0 aliphatic carbocycles. The van der Waals surface area contributed by atoms with E-state index < -0.39 is 42.0 Å². The first-order valence-corrected chi connectivity index (χ1v) is 5.38. The standard InChI is InChI=1S/C9H10FN5O4/c10-4-2-15(9(18)12-8(4)17)7-1-5(13-14-11)6(3-16)19-7/h2,5-7,16H,1,3H2,(H,12,17,18)/t5-,6+,7+/m0/s1. The highest BCUT2D eigenvalue weighted by Gasteiger charge is 2.35. The van der Waals surface area contributed by atoms with Crippen molar-refractivity contribution in [2.24, 2.45) is 5.11 Å². The molecule has 0 radical (unpaired) electrons. The molecule has 0 saturated carbocycles. The van der Waals surface area contributed by atoms with Crippen LogP contribution in [0.4, 0.5) is 4.39 Å². The summed E-state index contributed by atoms with van der Waals surface area (Å²) in [5.74, 6) is -1.13. The number of nitrogens with one attached hydrogen (secondary N) is 1. The van der Waals surface area contributed by atoms with Gasteiger partial charge in [-0.25, -0.2) is 4.79 Å². The summed E-state index contributed by atoms with van der Waals surface area (Å²) in [6.45, 7) is -0.402. The van der Waals surface area contributed by atoms with Crippen molar-refractivity contribution < 1.29 is 14.2 Å². The summed E-state index contributed by atoms with van der Waals surface area (Å²) in [4.78, 5) is 26.8. The Labute approximate surface area is 104 Å². The molecule has 2 rings (SSSR count). The summed E-state index contributed by atoms with van der Waals surface area (Å²) in [5.41, 5.74) is 6.42. The summed E-state index contributed by atoms with van der Waals surface area (Å²) < 4.78 is 19.3. The molecule has 1 aliphatic heterocycles. The Morgan fingerprint density at radius 3 is 3.05 bits per heavy atom. The molecular weight excluding hydrogens is 261 g/mol. The molecule has 2 heterocycles. The van der Waals surface area contributed by atoms with E-state index in [0.717, 1.165) is 10.8 Å². The molecule has 1 aromatic rings. The lowest BCUT2D eigenvalue weighted by molar-refractivity contribution is -0.0275. The maximum absolute atomic E-state index is 13.1. The molecule has 3 atom stereocenters. The Morgan fingerprint density at radius 2 is 2.42 bits per heavy atom. The lowest BCUT2D eigenvalue weighted by Gasteiger charge is -2.14. The predicted octanol–water partition coefficient (Wildman–Crippen LogP) is -0.366. The van der Waals surface area contributed by atoms with Gasteiger partial charge in [-0.3, -0.25) is 14.3 Å². The Balaban J connectivity index is 2.34. The highest BCUT2D eigenvalue weighted by Crippen LogP contribution is 2.29. The van der Waals surface area contributed by atoms with Gasteiger partial charge in [0.2, 0.25) is 5.82 Å². The Morgan fingerprint density at radius 1 is 1.68 bits per heavy atom. The van der Waals surface area contributed by atoms with Gasteiger partial charge >= 0.3 is 5.69 Å². The van der Waals surface area contributed by atoms with Crippen molar-refractivity contribution in [1.82, 2.24) is 9.55 Å². The third-order valence-electron chi connectivity index (χ3n) is 2.82. The highest BCUT2D eigenvalue weighted by atomic mass is 19.1. The zero-order valence-electron chi connectivity index (χ0n) is 9.56. The smallest absolute Gasteiger partial charge is 0.330 e. The first-order chi connectivity index (χ1) is 9.06. The van der Waals surface area contributed by atoms with Gasteiger partial charge in [-0.15, -0.1) is 0 Å². The van der Waals surface area contributed by atoms with E-state index in [1.807, 2.05) is 0 Å². The quantitative estimate of drug-likeness (QED) is 0.441. The maximum Gasteiger partial charge on any atom is 0.330 e. The van der Waals surface area contributed by atoms with Crippen LogP contribution in [-0.4, -0.2) is 33.4 Å². The van der Waals surface area contributed by atoms with E-state index >= 15 is 0 Å². The van der Waals surface area contributed by atoms with Gasteiger partial charge in [0.1, 0.15) is 6.23 Å². The van der Waals surface area contributed by atoms with E-state index in [1.54, 1.807) is 4.98 Å². The number of ether oxygens (including phenoxy) is 1. The summed E-state index contributed by atoms with van der Waals surface area (Å²) in [6.07, 6.45) is -0.867. The molecule has 0 bridgehead atoms. The highest BCUT2D eigenvalue weighted by molar-refractivity contribution is 4.92. The first-order valence-electron chi connectivity index (χ1n) is 5.38. The van der Waals surface area contributed by atoms with E-state index in [9.17, 15) is 14.0 Å². The van der Waals surface area contributed by atoms with Gasteiger partial charge in [-0.1, -0.05) is 5.11 Å². The third kappa shape index (κ3) is 2.50. The first kappa shape index (κ1) is 13.3. The van der Waals surface area contributed by atoms with E-state index in [-0.39, 0.29) is 6.42 Å². The van der Waals surface area contributed by atoms with Crippen LogP contribution in [0.5, 0.6) is 0 Å². The number of aliphatic hydroxyl groups is 1. The second-order valence-corrected chi connectivity index (χ2v) is 3.96. The molecule has 2 N–H and O–H groups in total. The molecule has 0 aromatic carbocycles. The minimum Gasteiger partial charge on any atom is -0.394 e. The van der Waals surface area contributed by atoms with Crippen LogP contribution in [0.1, 0.15) is 12.6 Å².